The van der Waals surface area contributed by atoms with Gasteiger partial charge in [-0.15, -0.1) is 0 Å². The minimum absolute atomic E-state index is 0.153. The Morgan fingerprint density at radius 3 is 2.56 bits per heavy atom. The summed E-state index contributed by atoms with van der Waals surface area (Å²) in [6.45, 7) is -1.95. The van der Waals surface area contributed by atoms with Crippen LogP contribution >= 0.6 is 0 Å². The summed E-state index contributed by atoms with van der Waals surface area (Å²) in [5, 5.41) is 2.89. The first kappa shape index (κ1) is 14.4. The highest BCUT2D eigenvalue weighted by Gasteiger charge is 2.03. The van der Waals surface area contributed by atoms with Gasteiger partial charge in [0.05, 0.1) is 6.54 Å². The van der Waals surface area contributed by atoms with Gasteiger partial charge in [0.25, 0.3) is 0 Å². The SMILES string of the molecule is NC(=O)CNCCCc1ccc(OC(F)F)cc1. The summed E-state index contributed by atoms with van der Waals surface area (Å²) in [4.78, 5) is 10.4. The van der Waals surface area contributed by atoms with Gasteiger partial charge in [0.1, 0.15) is 5.75 Å². The smallest absolute Gasteiger partial charge is 0.387 e. The molecule has 1 aromatic rings. The predicted octanol–water partition coefficient (Wildman–Crippen LogP) is 1.30. The van der Waals surface area contributed by atoms with E-state index < -0.39 is 6.61 Å². The van der Waals surface area contributed by atoms with E-state index in [4.69, 9.17) is 5.73 Å². The molecule has 0 fully saturated rings. The maximum Gasteiger partial charge on any atom is 0.387 e. The fraction of sp³-hybridized carbons (Fsp3) is 0.417. The first-order valence-electron chi connectivity index (χ1n) is 5.60. The van der Waals surface area contributed by atoms with Gasteiger partial charge in [0, 0.05) is 0 Å². The van der Waals surface area contributed by atoms with Crippen molar-refractivity contribution in [2.24, 2.45) is 5.73 Å². The molecule has 0 heterocycles. The number of hydrogen-bond donors (Lipinski definition) is 2. The van der Waals surface area contributed by atoms with E-state index in [1.54, 1.807) is 12.1 Å². The summed E-state index contributed by atoms with van der Waals surface area (Å²) in [6.07, 6.45) is 1.63. The maximum absolute atomic E-state index is 11.9. The molecule has 0 spiro atoms. The second-order valence-corrected chi connectivity index (χ2v) is 3.77. The van der Waals surface area contributed by atoms with Crippen molar-refractivity contribution in [1.29, 1.82) is 0 Å². The van der Waals surface area contributed by atoms with E-state index in [0.717, 1.165) is 18.4 Å². The number of alkyl halides is 2. The van der Waals surface area contributed by atoms with Gasteiger partial charge in [-0.25, -0.2) is 0 Å². The second kappa shape index (κ2) is 7.60. The molecular weight excluding hydrogens is 242 g/mol. The van der Waals surface area contributed by atoms with E-state index in [9.17, 15) is 13.6 Å². The minimum Gasteiger partial charge on any atom is -0.435 e. The highest BCUT2D eigenvalue weighted by Crippen LogP contribution is 2.15. The lowest BCUT2D eigenvalue weighted by atomic mass is 10.1. The quantitative estimate of drug-likeness (QED) is 0.691. The standard InChI is InChI=1S/C12H16F2N2O2/c13-12(14)18-10-5-3-9(4-6-10)2-1-7-16-8-11(15)17/h3-6,12,16H,1-2,7-8H2,(H2,15,17). The maximum atomic E-state index is 11.9. The number of rotatable bonds is 8. The number of primary amides is 1. The van der Waals surface area contributed by atoms with Crippen LogP contribution < -0.4 is 15.8 Å². The van der Waals surface area contributed by atoms with Crippen LogP contribution in [-0.4, -0.2) is 25.6 Å². The van der Waals surface area contributed by atoms with Gasteiger partial charge in [0.15, 0.2) is 0 Å². The van der Waals surface area contributed by atoms with Crippen molar-refractivity contribution >= 4 is 5.91 Å². The molecule has 0 aliphatic heterocycles. The summed E-state index contributed by atoms with van der Waals surface area (Å²) in [5.74, 6) is -0.232. The Bertz CT molecular complexity index is 369. The van der Waals surface area contributed by atoms with Gasteiger partial charge >= 0.3 is 6.61 Å². The molecule has 1 amide bonds. The molecule has 6 heteroatoms. The largest absolute Gasteiger partial charge is 0.435 e. The average molecular weight is 258 g/mol. The molecule has 0 atom stereocenters. The lowest BCUT2D eigenvalue weighted by Crippen LogP contribution is -2.29. The molecule has 0 aliphatic carbocycles. The number of halogens is 2. The van der Waals surface area contributed by atoms with Crippen LogP contribution in [0.3, 0.4) is 0 Å². The zero-order valence-corrected chi connectivity index (χ0v) is 9.86. The Kier molecular flexibility index (Phi) is 6.07. The van der Waals surface area contributed by atoms with Crippen LogP contribution in [0.5, 0.6) is 5.75 Å². The van der Waals surface area contributed by atoms with Crippen molar-refractivity contribution in [1.82, 2.24) is 5.32 Å². The van der Waals surface area contributed by atoms with Crippen LogP contribution in [0.1, 0.15) is 12.0 Å². The monoisotopic (exact) mass is 258 g/mol. The number of nitrogens with two attached hydrogens (primary N) is 1. The first-order valence-corrected chi connectivity index (χ1v) is 5.60. The Balaban J connectivity index is 2.24. The van der Waals surface area contributed by atoms with Crippen molar-refractivity contribution in [3.05, 3.63) is 29.8 Å². The average Bonchev–Trinajstić information content (AvgIpc) is 2.30. The first-order chi connectivity index (χ1) is 8.58. The number of aryl methyl sites for hydroxylation is 1. The van der Waals surface area contributed by atoms with Crippen molar-refractivity contribution in [3.8, 4) is 5.75 Å². The molecule has 0 radical (unpaired) electrons. The third-order valence-corrected chi connectivity index (χ3v) is 2.27. The number of carbonyl (C=O) groups excluding carboxylic acids is 1. The zero-order chi connectivity index (χ0) is 13.4. The normalized spacial score (nSPS) is 10.6. The van der Waals surface area contributed by atoms with Crippen LogP contribution in [0.25, 0.3) is 0 Å². The summed E-state index contributed by atoms with van der Waals surface area (Å²) in [5.41, 5.74) is 5.99. The molecule has 100 valence electrons. The van der Waals surface area contributed by atoms with Gasteiger partial charge in [-0.2, -0.15) is 8.78 Å². The topological polar surface area (TPSA) is 64.4 Å². The van der Waals surface area contributed by atoms with E-state index in [-0.39, 0.29) is 18.2 Å². The fourth-order valence-electron chi connectivity index (χ4n) is 1.47. The third-order valence-electron chi connectivity index (χ3n) is 2.27. The molecule has 1 aromatic carbocycles. The highest BCUT2D eigenvalue weighted by atomic mass is 19.3. The molecule has 18 heavy (non-hydrogen) atoms. The molecular formula is C12H16F2N2O2. The van der Waals surface area contributed by atoms with Crippen molar-refractivity contribution in [2.45, 2.75) is 19.5 Å². The number of benzene rings is 1. The molecule has 0 aliphatic rings. The van der Waals surface area contributed by atoms with Crippen LogP contribution in [0.2, 0.25) is 0 Å². The number of amides is 1. The summed E-state index contributed by atoms with van der Waals surface area (Å²) >= 11 is 0. The van der Waals surface area contributed by atoms with Crippen molar-refractivity contribution < 1.29 is 18.3 Å². The molecule has 4 nitrogen and oxygen atoms in total. The summed E-state index contributed by atoms with van der Waals surface area (Å²) in [6, 6.07) is 6.51. The third kappa shape index (κ3) is 6.15. The van der Waals surface area contributed by atoms with Gasteiger partial charge < -0.3 is 15.8 Å². The number of carbonyl (C=O) groups is 1. The van der Waals surface area contributed by atoms with Crippen LogP contribution in [-0.2, 0) is 11.2 Å². The van der Waals surface area contributed by atoms with E-state index in [2.05, 4.69) is 10.1 Å². The van der Waals surface area contributed by atoms with Gasteiger partial charge in [0.2, 0.25) is 5.91 Å². The van der Waals surface area contributed by atoms with Gasteiger partial charge in [-0.05, 0) is 37.1 Å². The minimum atomic E-state index is -2.80. The number of ether oxygens (including phenoxy) is 1. The number of nitrogens with one attached hydrogen (secondary N) is 1. The fourth-order valence-corrected chi connectivity index (χ4v) is 1.47. The Hall–Kier alpha value is -1.69. The van der Waals surface area contributed by atoms with Crippen LogP contribution in [0, 0.1) is 0 Å². The summed E-state index contributed by atoms with van der Waals surface area (Å²) < 4.78 is 28.1. The Morgan fingerprint density at radius 1 is 1.33 bits per heavy atom. The van der Waals surface area contributed by atoms with Gasteiger partial charge in [-0.3, -0.25) is 4.79 Å². The van der Waals surface area contributed by atoms with E-state index in [0.29, 0.717) is 6.54 Å². The Labute approximate surface area is 104 Å². The zero-order valence-electron chi connectivity index (χ0n) is 9.86. The molecule has 3 N–H and O–H groups in total. The lowest BCUT2D eigenvalue weighted by Gasteiger charge is -2.06. The lowest BCUT2D eigenvalue weighted by molar-refractivity contribution is -0.117. The summed E-state index contributed by atoms with van der Waals surface area (Å²) in [7, 11) is 0. The van der Waals surface area contributed by atoms with Crippen LogP contribution in [0.15, 0.2) is 24.3 Å². The van der Waals surface area contributed by atoms with Crippen molar-refractivity contribution in [3.63, 3.8) is 0 Å². The van der Waals surface area contributed by atoms with Crippen LogP contribution in [0.4, 0.5) is 8.78 Å². The predicted molar refractivity (Wildman–Crippen MR) is 63.5 cm³/mol. The Morgan fingerprint density at radius 2 is 2.00 bits per heavy atom. The highest BCUT2D eigenvalue weighted by molar-refractivity contribution is 5.75. The van der Waals surface area contributed by atoms with Gasteiger partial charge in [-0.1, -0.05) is 12.1 Å². The molecule has 0 bridgehead atoms. The molecule has 0 saturated heterocycles. The second-order valence-electron chi connectivity index (χ2n) is 3.77. The molecule has 0 saturated carbocycles. The molecule has 1 rings (SSSR count). The number of hydrogen-bond acceptors (Lipinski definition) is 3. The molecule has 0 aromatic heterocycles. The van der Waals surface area contributed by atoms with E-state index in [1.165, 1.54) is 12.1 Å². The van der Waals surface area contributed by atoms with Crippen molar-refractivity contribution in [2.75, 3.05) is 13.1 Å². The van der Waals surface area contributed by atoms with E-state index >= 15 is 0 Å². The molecule has 0 unspecified atom stereocenters. The van der Waals surface area contributed by atoms with E-state index in [1.807, 2.05) is 0 Å².